The van der Waals surface area contributed by atoms with Crippen LogP contribution >= 0.6 is 0 Å². The van der Waals surface area contributed by atoms with Crippen LogP contribution in [0.5, 0.6) is 5.75 Å². The summed E-state index contributed by atoms with van der Waals surface area (Å²) in [4.78, 5) is 5.22. The SMILES string of the molecule is CC[C@@]12CCCC[C@H]1[C@@H]1C/C(=N\OC)c3ccc(OC)cc3[C@H]1CC2. The van der Waals surface area contributed by atoms with Crippen LogP contribution in [0.15, 0.2) is 23.4 Å². The van der Waals surface area contributed by atoms with Gasteiger partial charge in [-0.25, -0.2) is 0 Å². The van der Waals surface area contributed by atoms with Crippen LogP contribution in [-0.4, -0.2) is 19.9 Å². The van der Waals surface area contributed by atoms with Crippen LogP contribution in [0.3, 0.4) is 0 Å². The third-order valence-corrected chi connectivity index (χ3v) is 7.52. The van der Waals surface area contributed by atoms with E-state index in [9.17, 15) is 0 Å². The lowest BCUT2D eigenvalue weighted by Crippen LogP contribution is -2.46. The Bertz CT molecular complexity index is 668. The summed E-state index contributed by atoms with van der Waals surface area (Å²) in [5.74, 6) is 3.17. The van der Waals surface area contributed by atoms with Crippen LogP contribution in [0, 0.1) is 17.3 Å². The lowest BCUT2D eigenvalue weighted by atomic mass is 9.49. The molecule has 2 fully saturated rings. The van der Waals surface area contributed by atoms with Crippen molar-refractivity contribution in [2.75, 3.05) is 14.2 Å². The van der Waals surface area contributed by atoms with Crippen molar-refractivity contribution in [1.82, 2.24) is 0 Å². The second kappa shape index (κ2) is 6.66. The first-order valence-electron chi connectivity index (χ1n) is 10.0. The average Bonchev–Trinajstić information content (AvgIpc) is 2.67. The number of hydrogen-bond donors (Lipinski definition) is 0. The second-order valence-corrected chi connectivity index (χ2v) is 8.26. The zero-order valence-electron chi connectivity index (χ0n) is 15.9. The Kier molecular flexibility index (Phi) is 4.51. The molecule has 25 heavy (non-hydrogen) atoms. The Morgan fingerprint density at radius 3 is 2.80 bits per heavy atom. The van der Waals surface area contributed by atoms with E-state index in [4.69, 9.17) is 9.57 Å². The largest absolute Gasteiger partial charge is 0.497 e. The number of benzene rings is 1. The highest BCUT2D eigenvalue weighted by molar-refractivity contribution is 6.03. The van der Waals surface area contributed by atoms with Gasteiger partial charge in [0.25, 0.3) is 0 Å². The summed E-state index contributed by atoms with van der Waals surface area (Å²) in [5.41, 5.74) is 4.44. The van der Waals surface area contributed by atoms with E-state index >= 15 is 0 Å². The fraction of sp³-hybridized carbons (Fsp3) is 0.682. The van der Waals surface area contributed by atoms with Gasteiger partial charge in [0.05, 0.1) is 12.8 Å². The molecule has 3 aliphatic carbocycles. The molecule has 2 saturated carbocycles. The van der Waals surface area contributed by atoms with Crippen LogP contribution in [-0.2, 0) is 4.84 Å². The van der Waals surface area contributed by atoms with E-state index in [0.717, 1.165) is 23.8 Å². The van der Waals surface area contributed by atoms with Crippen LogP contribution in [0.25, 0.3) is 0 Å². The van der Waals surface area contributed by atoms with E-state index in [1.165, 1.54) is 56.1 Å². The minimum atomic E-state index is 0.577. The average molecular weight is 341 g/mol. The predicted molar refractivity (Wildman–Crippen MR) is 101 cm³/mol. The lowest BCUT2D eigenvalue weighted by Gasteiger charge is -2.55. The molecule has 0 N–H and O–H groups in total. The molecule has 4 rings (SSSR count). The highest BCUT2D eigenvalue weighted by Crippen LogP contribution is 2.61. The first-order valence-corrected chi connectivity index (χ1v) is 10.0. The Labute approximate surface area is 151 Å². The normalized spacial score (nSPS) is 35.5. The van der Waals surface area contributed by atoms with Crippen molar-refractivity contribution in [1.29, 1.82) is 0 Å². The monoisotopic (exact) mass is 341 g/mol. The van der Waals surface area contributed by atoms with Gasteiger partial charge in [0, 0.05) is 5.56 Å². The number of nitrogens with zero attached hydrogens (tertiary/aromatic N) is 1. The molecular weight excluding hydrogens is 310 g/mol. The Morgan fingerprint density at radius 1 is 1.16 bits per heavy atom. The van der Waals surface area contributed by atoms with Gasteiger partial charge in [0.1, 0.15) is 12.9 Å². The first kappa shape index (κ1) is 16.9. The molecule has 3 aliphatic rings. The maximum atomic E-state index is 5.53. The number of ether oxygens (including phenoxy) is 1. The molecule has 1 aromatic rings. The fourth-order valence-corrected chi connectivity index (χ4v) is 6.30. The van der Waals surface area contributed by atoms with E-state index in [1.54, 1.807) is 14.2 Å². The number of fused-ring (bicyclic) bond motifs is 5. The molecule has 0 amide bonds. The number of rotatable bonds is 3. The standard InChI is InChI=1S/C22H31NO2/c1-4-22-11-6-5-7-20(22)19-14-21(23-25-3)17-9-8-15(24-2)13-18(17)16(19)10-12-22/h8-9,13,16,19-20H,4-7,10-12,14H2,1-3H3/b23-21+/t16-,19-,20+,22+/m1/s1. The van der Waals surface area contributed by atoms with Gasteiger partial charge in [0.2, 0.25) is 0 Å². The van der Waals surface area contributed by atoms with Crippen molar-refractivity contribution in [3.05, 3.63) is 29.3 Å². The summed E-state index contributed by atoms with van der Waals surface area (Å²) >= 11 is 0. The summed E-state index contributed by atoms with van der Waals surface area (Å²) in [6.45, 7) is 2.42. The van der Waals surface area contributed by atoms with Gasteiger partial charge in [-0.1, -0.05) is 31.3 Å². The summed E-state index contributed by atoms with van der Waals surface area (Å²) in [7, 11) is 3.43. The van der Waals surface area contributed by atoms with Gasteiger partial charge in [-0.3, -0.25) is 0 Å². The Balaban J connectivity index is 1.78. The quantitative estimate of drug-likeness (QED) is 0.677. The number of hydrogen-bond acceptors (Lipinski definition) is 3. The topological polar surface area (TPSA) is 30.8 Å². The maximum Gasteiger partial charge on any atom is 0.119 e. The third-order valence-electron chi connectivity index (χ3n) is 7.52. The summed E-state index contributed by atoms with van der Waals surface area (Å²) < 4.78 is 5.53. The van der Waals surface area contributed by atoms with Gasteiger partial charge < -0.3 is 9.57 Å². The highest BCUT2D eigenvalue weighted by Gasteiger charge is 2.51. The van der Waals surface area contributed by atoms with E-state index in [1.807, 2.05) is 0 Å². The van der Waals surface area contributed by atoms with Crippen molar-refractivity contribution in [2.24, 2.45) is 22.4 Å². The van der Waals surface area contributed by atoms with E-state index in [2.05, 4.69) is 30.3 Å². The summed E-state index contributed by atoms with van der Waals surface area (Å²) in [6, 6.07) is 6.51. The molecule has 0 radical (unpaired) electrons. The zero-order valence-corrected chi connectivity index (χ0v) is 15.9. The molecule has 0 heterocycles. The molecular formula is C22H31NO2. The smallest absolute Gasteiger partial charge is 0.119 e. The molecule has 136 valence electrons. The molecule has 0 aliphatic heterocycles. The van der Waals surface area contributed by atoms with E-state index < -0.39 is 0 Å². The molecule has 0 spiro atoms. The highest BCUT2D eigenvalue weighted by atomic mass is 16.6. The van der Waals surface area contributed by atoms with Crippen LogP contribution in [0.1, 0.15) is 75.3 Å². The third kappa shape index (κ3) is 2.67. The maximum absolute atomic E-state index is 5.53. The van der Waals surface area contributed by atoms with Crippen molar-refractivity contribution < 1.29 is 9.57 Å². The molecule has 0 bridgehead atoms. The van der Waals surface area contributed by atoms with Gasteiger partial charge in [-0.2, -0.15) is 0 Å². The van der Waals surface area contributed by atoms with Gasteiger partial charge in [-0.05, 0) is 79.0 Å². The number of methoxy groups -OCH3 is 1. The van der Waals surface area contributed by atoms with Crippen molar-refractivity contribution >= 4 is 5.71 Å². The van der Waals surface area contributed by atoms with Crippen molar-refractivity contribution in [2.45, 2.75) is 64.2 Å². The first-order chi connectivity index (χ1) is 12.2. The molecule has 3 nitrogen and oxygen atoms in total. The van der Waals surface area contributed by atoms with Gasteiger partial charge in [-0.15, -0.1) is 0 Å². The van der Waals surface area contributed by atoms with E-state index in [0.29, 0.717) is 17.3 Å². The molecule has 3 heteroatoms. The molecule has 0 aromatic heterocycles. The summed E-state index contributed by atoms with van der Waals surface area (Å²) in [6.07, 6.45) is 10.8. The zero-order chi connectivity index (χ0) is 17.4. The predicted octanol–water partition coefficient (Wildman–Crippen LogP) is 5.53. The Morgan fingerprint density at radius 2 is 2.04 bits per heavy atom. The molecule has 0 saturated heterocycles. The van der Waals surface area contributed by atoms with E-state index in [-0.39, 0.29) is 0 Å². The second-order valence-electron chi connectivity index (χ2n) is 8.26. The van der Waals surface area contributed by atoms with Crippen LogP contribution in [0.4, 0.5) is 0 Å². The molecule has 0 unspecified atom stereocenters. The van der Waals surface area contributed by atoms with Crippen LogP contribution in [0.2, 0.25) is 0 Å². The van der Waals surface area contributed by atoms with Gasteiger partial charge >= 0.3 is 0 Å². The van der Waals surface area contributed by atoms with Crippen molar-refractivity contribution in [3.8, 4) is 5.75 Å². The minimum Gasteiger partial charge on any atom is -0.497 e. The summed E-state index contributed by atoms with van der Waals surface area (Å²) in [5, 5.41) is 4.43. The number of oxime groups is 1. The lowest BCUT2D eigenvalue weighted by molar-refractivity contribution is -0.0143. The molecule has 1 aromatic carbocycles. The van der Waals surface area contributed by atoms with Gasteiger partial charge in [0.15, 0.2) is 0 Å². The fourth-order valence-electron chi connectivity index (χ4n) is 6.30. The van der Waals surface area contributed by atoms with Crippen molar-refractivity contribution in [3.63, 3.8) is 0 Å². The minimum absolute atomic E-state index is 0.577. The Hall–Kier alpha value is -1.51. The van der Waals surface area contributed by atoms with Crippen LogP contribution < -0.4 is 4.74 Å². The molecule has 4 atom stereocenters.